The topological polar surface area (TPSA) is 84.5 Å². The Labute approximate surface area is 187 Å². The van der Waals surface area contributed by atoms with Gasteiger partial charge in [-0.15, -0.1) is 0 Å². The van der Waals surface area contributed by atoms with Crippen LogP contribution in [0.2, 0.25) is 5.02 Å². The maximum absolute atomic E-state index is 12.6. The van der Waals surface area contributed by atoms with Crippen LogP contribution < -0.4 is 15.4 Å². The maximum Gasteiger partial charge on any atom is 0.243 e. The number of halogens is 1. The van der Waals surface area contributed by atoms with Crippen LogP contribution in [0.5, 0.6) is 11.5 Å². The molecule has 0 aromatic heterocycles. The molecule has 0 heterocycles. The first-order valence-corrected chi connectivity index (χ1v) is 11.8. The lowest BCUT2D eigenvalue weighted by molar-refractivity contribution is -0.114. The van der Waals surface area contributed by atoms with E-state index in [0.717, 1.165) is 11.8 Å². The third-order valence-corrected chi connectivity index (χ3v) is 6.18. The van der Waals surface area contributed by atoms with Crippen molar-refractivity contribution in [2.24, 2.45) is 0 Å². The van der Waals surface area contributed by atoms with Crippen molar-refractivity contribution in [2.75, 3.05) is 23.4 Å². The van der Waals surface area contributed by atoms with E-state index in [2.05, 4.69) is 10.6 Å². The summed E-state index contributed by atoms with van der Waals surface area (Å²) in [6, 6.07) is 17.6. The smallest absolute Gasteiger partial charge is 0.243 e. The first-order valence-electron chi connectivity index (χ1n) is 9.51. The fraction of sp³-hybridized carbons (Fsp3) is 0.174. The second-order valence-electron chi connectivity index (χ2n) is 7.11. The molecule has 0 saturated carbocycles. The number of ether oxygens (including phenoxy) is 1. The molecule has 3 rings (SSSR count). The van der Waals surface area contributed by atoms with Gasteiger partial charge in [0, 0.05) is 11.3 Å². The molecular weight excluding hydrogens is 436 g/mol. The molecular formula is C23H23ClN2O4S. The molecule has 2 N–H and O–H groups in total. The highest BCUT2D eigenvalue weighted by atomic mass is 35.5. The summed E-state index contributed by atoms with van der Waals surface area (Å²) in [6.45, 7) is 3.45. The van der Waals surface area contributed by atoms with Gasteiger partial charge >= 0.3 is 0 Å². The number of sulfone groups is 1. The standard InChI is InChI=1S/C23H23ClN2O4S/c1-15-9-11-19(23(16(15)2)31(3,28)29)25-14-22(27)26-20-13-17(24)10-12-21(20)30-18-7-5-4-6-8-18/h4-13,25H,14H2,1-3H3,(H,26,27). The lowest BCUT2D eigenvalue weighted by atomic mass is 10.1. The van der Waals surface area contributed by atoms with E-state index >= 15 is 0 Å². The van der Waals surface area contributed by atoms with Crippen molar-refractivity contribution in [3.05, 3.63) is 76.8 Å². The fourth-order valence-corrected chi connectivity index (χ4v) is 4.51. The molecule has 0 bridgehead atoms. The molecule has 3 aromatic rings. The van der Waals surface area contributed by atoms with Gasteiger partial charge < -0.3 is 15.4 Å². The summed E-state index contributed by atoms with van der Waals surface area (Å²) in [6.07, 6.45) is 1.15. The monoisotopic (exact) mass is 458 g/mol. The largest absolute Gasteiger partial charge is 0.455 e. The van der Waals surface area contributed by atoms with Crippen molar-refractivity contribution in [1.29, 1.82) is 0 Å². The normalized spacial score (nSPS) is 11.1. The molecule has 0 aliphatic carbocycles. The van der Waals surface area contributed by atoms with Gasteiger partial charge in [-0.2, -0.15) is 0 Å². The van der Waals surface area contributed by atoms with Gasteiger partial charge in [-0.05, 0) is 61.4 Å². The Morgan fingerprint density at radius 3 is 2.39 bits per heavy atom. The lowest BCUT2D eigenvalue weighted by Gasteiger charge is -2.16. The van der Waals surface area contributed by atoms with Crippen LogP contribution in [-0.2, 0) is 14.6 Å². The number of benzene rings is 3. The number of anilines is 2. The van der Waals surface area contributed by atoms with E-state index in [1.807, 2.05) is 31.2 Å². The summed E-state index contributed by atoms with van der Waals surface area (Å²) in [5.41, 5.74) is 2.30. The minimum Gasteiger partial charge on any atom is -0.455 e. The molecule has 0 saturated heterocycles. The second kappa shape index (κ2) is 9.41. The summed E-state index contributed by atoms with van der Waals surface area (Å²) >= 11 is 6.09. The number of carbonyl (C=O) groups is 1. The lowest BCUT2D eigenvalue weighted by Crippen LogP contribution is -2.23. The number of aryl methyl sites for hydroxylation is 1. The van der Waals surface area contributed by atoms with Gasteiger partial charge in [-0.3, -0.25) is 4.79 Å². The molecule has 3 aromatic carbocycles. The van der Waals surface area contributed by atoms with Crippen molar-refractivity contribution in [1.82, 2.24) is 0 Å². The van der Waals surface area contributed by atoms with Crippen LogP contribution in [0.4, 0.5) is 11.4 Å². The number of nitrogens with one attached hydrogen (secondary N) is 2. The van der Waals surface area contributed by atoms with Crippen LogP contribution >= 0.6 is 11.6 Å². The van der Waals surface area contributed by atoms with E-state index in [1.165, 1.54) is 0 Å². The molecule has 0 atom stereocenters. The summed E-state index contributed by atoms with van der Waals surface area (Å²) in [7, 11) is -3.47. The molecule has 1 amide bonds. The van der Waals surface area contributed by atoms with Crippen LogP contribution in [-0.4, -0.2) is 27.1 Å². The Hall–Kier alpha value is -3.03. The number of amides is 1. The van der Waals surface area contributed by atoms with Crippen molar-refractivity contribution in [3.63, 3.8) is 0 Å². The highest BCUT2D eigenvalue weighted by Crippen LogP contribution is 2.32. The van der Waals surface area contributed by atoms with E-state index < -0.39 is 9.84 Å². The van der Waals surface area contributed by atoms with Crippen LogP contribution in [0.25, 0.3) is 0 Å². The minimum absolute atomic E-state index is 0.137. The summed E-state index contributed by atoms with van der Waals surface area (Å²) in [5, 5.41) is 6.13. The molecule has 0 aliphatic rings. The van der Waals surface area contributed by atoms with Gasteiger partial charge in [-0.25, -0.2) is 8.42 Å². The third-order valence-electron chi connectivity index (χ3n) is 4.67. The fourth-order valence-electron chi connectivity index (χ4n) is 3.08. The summed E-state index contributed by atoms with van der Waals surface area (Å²) in [4.78, 5) is 12.8. The van der Waals surface area contributed by atoms with E-state index in [1.54, 1.807) is 43.3 Å². The highest BCUT2D eigenvalue weighted by molar-refractivity contribution is 7.91. The van der Waals surface area contributed by atoms with E-state index in [-0.39, 0.29) is 17.3 Å². The molecule has 8 heteroatoms. The zero-order valence-corrected chi connectivity index (χ0v) is 19.0. The van der Waals surface area contributed by atoms with Crippen LogP contribution in [0, 0.1) is 13.8 Å². The maximum atomic E-state index is 12.6. The van der Waals surface area contributed by atoms with Crippen LogP contribution in [0.15, 0.2) is 65.6 Å². The predicted octanol–water partition coefficient (Wildman–Crippen LogP) is 5.20. The van der Waals surface area contributed by atoms with Crippen molar-refractivity contribution >= 4 is 38.7 Å². The van der Waals surface area contributed by atoms with Gasteiger partial charge in [0.15, 0.2) is 15.6 Å². The van der Waals surface area contributed by atoms with Gasteiger partial charge in [0.1, 0.15) is 5.75 Å². The SMILES string of the molecule is Cc1ccc(NCC(=O)Nc2cc(Cl)ccc2Oc2ccccc2)c(S(C)(=O)=O)c1C. The zero-order valence-electron chi connectivity index (χ0n) is 17.4. The average molecular weight is 459 g/mol. The van der Waals surface area contributed by atoms with Gasteiger partial charge in [0.05, 0.1) is 22.8 Å². The Morgan fingerprint density at radius 1 is 1.00 bits per heavy atom. The first-order chi connectivity index (χ1) is 14.6. The Morgan fingerprint density at radius 2 is 1.71 bits per heavy atom. The van der Waals surface area contributed by atoms with Crippen LogP contribution in [0.1, 0.15) is 11.1 Å². The highest BCUT2D eigenvalue weighted by Gasteiger charge is 2.18. The third kappa shape index (κ3) is 5.77. The number of rotatable bonds is 7. The predicted molar refractivity (Wildman–Crippen MR) is 124 cm³/mol. The quantitative estimate of drug-likeness (QED) is 0.508. The average Bonchev–Trinajstić information content (AvgIpc) is 2.70. The Kier molecular flexibility index (Phi) is 6.87. The Bertz CT molecular complexity index is 1210. The van der Waals surface area contributed by atoms with Gasteiger partial charge in [0.2, 0.25) is 5.91 Å². The van der Waals surface area contributed by atoms with E-state index in [0.29, 0.717) is 33.5 Å². The molecule has 6 nitrogen and oxygen atoms in total. The number of hydrogen-bond acceptors (Lipinski definition) is 5. The van der Waals surface area contributed by atoms with E-state index in [9.17, 15) is 13.2 Å². The second-order valence-corrected chi connectivity index (χ2v) is 9.50. The molecule has 0 fully saturated rings. The molecule has 0 radical (unpaired) electrons. The number of carbonyl (C=O) groups excluding carboxylic acids is 1. The molecule has 0 aliphatic heterocycles. The summed E-state index contributed by atoms with van der Waals surface area (Å²) in [5.74, 6) is 0.677. The van der Waals surface area contributed by atoms with Gasteiger partial charge in [0.25, 0.3) is 0 Å². The molecule has 0 unspecified atom stereocenters. The van der Waals surface area contributed by atoms with Gasteiger partial charge in [-0.1, -0.05) is 35.9 Å². The minimum atomic E-state index is -3.47. The van der Waals surface area contributed by atoms with Crippen molar-refractivity contribution < 1.29 is 17.9 Å². The van der Waals surface area contributed by atoms with Crippen molar-refractivity contribution in [3.8, 4) is 11.5 Å². The first kappa shape index (κ1) is 22.7. The molecule has 0 spiro atoms. The summed E-state index contributed by atoms with van der Waals surface area (Å²) < 4.78 is 30.3. The van der Waals surface area contributed by atoms with Crippen molar-refractivity contribution in [2.45, 2.75) is 18.7 Å². The Balaban J connectivity index is 1.77. The zero-order chi connectivity index (χ0) is 22.6. The number of para-hydroxylation sites is 1. The number of hydrogen-bond donors (Lipinski definition) is 2. The molecule has 31 heavy (non-hydrogen) atoms. The van der Waals surface area contributed by atoms with E-state index in [4.69, 9.17) is 16.3 Å². The van der Waals surface area contributed by atoms with Crippen LogP contribution in [0.3, 0.4) is 0 Å². The molecule has 162 valence electrons.